The standard InChI is InChI=1S/C14H15N3O2/c18-11-6-7-14(9-19-14)13-12(11)15-16-17(13)8-10-4-2-1-3-5-10/h1-5,12-13H,6-9H2. The number of Topliss-reactive ketones (excluding diaryl/α,β-unsaturated/α-hetero) is 1. The summed E-state index contributed by atoms with van der Waals surface area (Å²) in [5, 5.41) is 10.3. The molecule has 3 aliphatic rings. The van der Waals surface area contributed by atoms with Crippen molar-refractivity contribution in [3.63, 3.8) is 0 Å². The van der Waals surface area contributed by atoms with Gasteiger partial charge in [0, 0.05) is 6.42 Å². The lowest BCUT2D eigenvalue weighted by molar-refractivity contribution is -0.124. The number of hydrogen-bond donors (Lipinski definition) is 0. The van der Waals surface area contributed by atoms with E-state index in [-0.39, 0.29) is 23.5 Å². The molecule has 0 radical (unpaired) electrons. The third kappa shape index (κ3) is 1.69. The quantitative estimate of drug-likeness (QED) is 0.758. The zero-order chi connectivity index (χ0) is 12.9. The smallest absolute Gasteiger partial charge is 0.161 e. The van der Waals surface area contributed by atoms with Crippen LogP contribution in [0.25, 0.3) is 0 Å². The summed E-state index contributed by atoms with van der Waals surface area (Å²) < 4.78 is 5.65. The molecule has 1 spiro atoms. The molecule has 0 amide bonds. The maximum atomic E-state index is 12.0. The van der Waals surface area contributed by atoms with E-state index in [0.717, 1.165) is 13.0 Å². The van der Waals surface area contributed by atoms with Gasteiger partial charge in [0.15, 0.2) is 11.8 Å². The summed E-state index contributed by atoms with van der Waals surface area (Å²) in [5.41, 5.74) is 1.01. The highest BCUT2D eigenvalue weighted by atomic mass is 16.6. The van der Waals surface area contributed by atoms with Gasteiger partial charge in [0.2, 0.25) is 0 Å². The number of hydrogen-bond acceptors (Lipinski definition) is 5. The van der Waals surface area contributed by atoms with Crippen LogP contribution in [0.15, 0.2) is 40.7 Å². The van der Waals surface area contributed by atoms with Crippen LogP contribution in [0.2, 0.25) is 0 Å². The van der Waals surface area contributed by atoms with E-state index < -0.39 is 0 Å². The molecule has 1 saturated heterocycles. The number of fused-ring (bicyclic) bond motifs is 2. The van der Waals surface area contributed by atoms with Gasteiger partial charge in [-0.1, -0.05) is 35.6 Å². The van der Waals surface area contributed by atoms with Crippen molar-refractivity contribution < 1.29 is 9.53 Å². The molecule has 1 aromatic rings. The molecule has 98 valence electrons. The number of benzene rings is 1. The third-order valence-corrected chi connectivity index (χ3v) is 4.28. The van der Waals surface area contributed by atoms with Crippen LogP contribution < -0.4 is 0 Å². The molecule has 2 fully saturated rings. The number of carbonyl (C=O) groups excluding carboxylic acids is 1. The molecular formula is C14H15N3O2. The lowest BCUT2D eigenvalue weighted by atomic mass is 9.80. The molecule has 5 nitrogen and oxygen atoms in total. The third-order valence-electron chi connectivity index (χ3n) is 4.28. The van der Waals surface area contributed by atoms with Gasteiger partial charge in [0.1, 0.15) is 11.6 Å². The molecule has 0 aromatic heterocycles. The number of carbonyl (C=O) groups is 1. The summed E-state index contributed by atoms with van der Waals surface area (Å²) in [4.78, 5) is 12.0. The number of epoxide rings is 1. The summed E-state index contributed by atoms with van der Waals surface area (Å²) in [5.74, 6) is 0.199. The first-order valence-corrected chi connectivity index (χ1v) is 6.67. The summed E-state index contributed by atoms with van der Waals surface area (Å²) in [6.45, 7) is 1.42. The van der Waals surface area contributed by atoms with E-state index in [9.17, 15) is 4.79 Å². The zero-order valence-electron chi connectivity index (χ0n) is 10.5. The first-order valence-electron chi connectivity index (χ1n) is 6.67. The van der Waals surface area contributed by atoms with Gasteiger partial charge in [-0.15, -0.1) is 0 Å². The average Bonchev–Trinajstić information content (AvgIpc) is 3.08. The molecule has 1 saturated carbocycles. The molecule has 0 N–H and O–H groups in total. The van der Waals surface area contributed by atoms with Crippen molar-refractivity contribution in [3.05, 3.63) is 35.9 Å². The SMILES string of the molecule is O=C1CCC2(CO2)C2C1N=NN2Cc1ccccc1. The zero-order valence-corrected chi connectivity index (χ0v) is 10.5. The van der Waals surface area contributed by atoms with E-state index >= 15 is 0 Å². The van der Waals surface area contributed by atoms with Gasteiger partial charge in [-0.25, -0.2) is 0 Å². The Balaban J connectivity index is 1.60. The van der Waals surface area contributed by atoms with Gasteiger partial charge in [0.05, 0.1) is 13.2 Å². The topological polar surface area (TPSA) is 57.6 Å². The summed E-state index contributed by atoms with van der Waals surface area (Å²) in [7, 11) is 0. The largest absolute Gasteiger partial charge is 0.367 e. The minimum Gasteiger partial charge on any atom is -0.367 e. The van der Waals surface area contributed by atoms with Crippen LogP contribution in [0.5, 0.6) is 0 Å². The fourth-order valence-corrected chi connectivity index (χ4v) is 3.14. The van der Waals surface area contributed by atoms with Crippen LogP contribution in [-0.4, -0.2) is 35.1 Å². The number of ether oxygens (including phenoxy) is 1. The van der Waals surface area contributed by atoms with Gasteiger partial charge < -0.3 is 4.74 Å². The van der Waals surface area contributed by atoms with Crippen LogP contribution in [0.3, 0.4) is 0 Å². The van der Waals surface area contributed by atoms with Crippen molar-refractivity contribution in [3.8, 4) is 0 Å². The molecule has 1 aromatic carbocycles. The highest BCUT2D eigenvalue weighted by molar-refractivity contribution is 5.86. The molecule has 1 aliphatic carbocycles. The number of nitrogens with zero attached hydrogens (tertiary/aromatic N) is 3. The fourth-order valence-electron chi connectivity index (χ4n) is 3.14. The van der Waals surface area contributed by atoms with E-state index in [1.807, 2.05) is 23.2 Å². The van der Waals surface area contributed by atoms with Crippen LogP contribution in [0.1, 0.15) is 18.4 Å². The summed E-state index contributed by atoms with van der Waals surface area (Å²) >= 11 is 0. The van der Waals surface area contributed by atoms with Crippen molar-refractivity contribution in [2.45, 2.75) is 37.1 Å². The average molecular weight is 257 g/mol. The van der Waals surface area contributed by atoms with Crippen LogP contribution in [-0.2, 0) is 16.1 Å². The summed E-state index contributed by atoms with van der Waals surface area (Å²) in [6.07, 6.45) is 1.38. The molecule has 2 heterocycles. The number of rotatable bonds is 2. The predicted molar refractivity (Wildman–Crippen MR) is 67.3 cm³/mol. The molecule has 4 rings (SSSR count). The Hall–Kier alpha value is -1.75. The van der Waals surface area contributed by atoms with Crippen molar-refractivity contribution in [2.24, 2.45) is 10.3 Å². The van der Waals surface area contributed by atoms with Crippen molar-refractivity contribution in [1.82, 2.24) is 5.01 Å². The molecule has 5 heteroatoms. The minimum absolute atomic E-state index is 0.00560. The van der Waals surface area contributed by atoms with E-state index in [2.05, 4.69) is 22.5 Å². The molecule has 19 heavy (non-hydrogen) atoms. The monoisotopic (exact) mass is 257 g/mol. The van der Waals surface area contributed by atoms with E-state index in [4.69, 9.17) is 4.74 Å². The van der Waals surface area contributed by atoms with Gasteiger partial charge >= 0.3 is 0 Å². The minimum atomic E-state index is -0.319. The Morgan fingerprint density at radius 3 is 2.89 bits per heavy atom. The Morgan fingerprint density at radius 2 is 2.16 bits per heavy atom. The van der Waals surface area contributed by atoms with Crippen molar-refractivity contribution >= 4 is 5.78 Å². The predicted octanol–water partition coefficient (Wildman–Crippen LogP) is 1.74. The molecule has 3 atom stereocenters. The Labute approximate surface area is 111 Å². The second kappa shape index (κ2) is 3.87. The van der Waals surface area contributed by atoms with Crippen molar-refractivity contribution in [1.29, 1.82) is 0 Å². The fraction of sp³-hybridized carbons (Fsp3) is 0.500. The first kappa shape index (κ1) is 11.1. The maximum Gasteiger partial charge on any atom is 0.161 e. The van der Waals surface area contributed by atoms with E-state index in [0.29, 0.717) is 13.0 Å². The normalized spacial score (nSPS) is 35.8. The van der Waals surface area contributed by atoms with Gasteiger partial charge in [-0.05, 0) is 12.0 Å². The lowest BCUT2D eigenvalue weighted by Crippen LogP contribution is -2.53. The number of ketones is 1. The molecule has 2 aliphatic heterocycles. The molecule has 3 unspecified atom stereocenters. The van der Waals surface area contributed by atoms with Gasteiger partial charge in [0.25, 0.3) is 0 Å². The van der Waals surface area contributed by atoms with Crippen LogP contribution in [0, 0.1) is 0 Å². The second-order valence-electron chi connectivity index (χ2n) is 5.50. The van der Waals surface area contributed by atoms with Crippen LogP contribution >= 0.6 is 0 Å². The highest BCUT2D eigenvalue weighted by Gasteiger charge is 2.62. The van der Waals surface area contributed by atoms with Crippen LogP contribution in [0.4, 0.5) is 0 Å². The highest BCUT2D eigenvalue weighted by Crippen LogP contribution is 2.46. The molecular weight excluding hydrogens is 242 g/mol. The van der Waals surface area contributed by atoms with Crippen molar-refractivity contribution in [2.75, 3.05) is 6.61 Å². The Morgan fingerprint density at radius 1 is 1.37 bits per heavy atom. The van der Waals surface area contributed by atoms with Gasteiger partial charge in [-0.3, -0.25) is 9.80 Å². The molecule has 0 bridgehead atoms. The van der Waals surface area contributed by atoms with Gasteiger partial charge in [-0.2, -0.15) is 5.11 Å². The van der Waals surface area contributed by atoms with E-state index in [1.54, 1.807) is 0 Å². The maximum absolute atomic E-state index is 12.0. The second-order valence-corrected chi connectivity index (χ2v) is 5.50. The first-order chi connectivity index (χ1) is 9.28. The summed E-state index contributed by atoms with van der Waals surface area (Å²) in [6, 6.07) is 9.81. The Bertz CT molecular complexity index is 539. The lowest BCUT2D eigenvalue weighted by Gasteiger charge is -2.33. The van der Waals surface area contributed by atoms with E-state index in [1.165, 1.54) is 5.56 Å². The Kier molecular flexibility index (Phi) is 2.26.